The number of halogens is 2. The molecule has 17 heavy (non-hydrogen) atoms. The van der Waals surface area contributed by atoms with Gasteiger partial charge in [0.2, 0.25) is 0 Å². The van der Waals surface area contributed by atoms with E-state index in [1.54, 1.807) is 0 Å². The molecule has 1 aliphatic heterocycles. The second-order valence-corrected chi connectivity index (χ2v) is 5.07. The molecule has 2 rings (SSSR count). The largest absolute Gasteiger partial charge is 0.303 e. The van der Waals surface area contributed by atoms with Crippen LogP contribution in [0.3, 0.4) is 0 Å². The molecule has 0 amide bonds. The van der Waals surface area contributed by atoms with E-state index in [4.69, 9.17) is 11.6 Å². The van der Waals surface area contributed by atoms with E-state index in [1.807, 2.05) is 12.1 Å². The van der Waals surface area contributed by atoms with E-state index in [1.165, 1.54) is 50.9 Å². The molecule has 0 N–H and O–H groups in total. The van der Waals surface area contributed by atoms with Gasteiger partial charge in [-0.25, -0.2) is 0 Å². The average Bonchev–Trinajstić information content (AvgIpc) is 2.30. The van der Waals surface area contributed by atoms with Crippen molar-refractivity contribution in [3.8, 4) is 0 Å². The maximum Gasteiger partial charge on any atom is 0.0408 e. The van der Waals surface area contributed by atoms with Crippen molar-refractivity contribution in [2.45, 2.75) is 32.1 Å². The summed E-state index contributed by atoms with van der Waals surface area (Å²) >= 11 is 5.96. The van der Waals surface area contributed by atoms with E-state index in [2.05, 4.69) is 17.0 Å². The standard InChI is InChI=1S/C14H20ClN.ClH/c15-14-8-4-6-13(12-14)7-5-11-16-9-2-1-3-10-16;/h4,6,8,12H,1-3,5,7,9-11H2;1H. The fourth-order valence-electron chi connectivity index (χ4n) is 2.38. The third-order valence-electron chi connectivity index (χ3n) is 3.28. The molecule has 1 fully saturated rings. The molecule has 3 heteroatoms. The summed E-state index contributed by atoms with van der Waals surface area (Å²) in [5.74, 6) is 0. The fourth-order valence-corrected chi connectivity index (χ4v) is 2.60. The lowest BCUT2D eigenvalue weighted by molar-refractivity contribution is 0.226. The molecular formula is C14H21Cl2N. The first-order chi connectivity index (χ1) is 7.84. The summed E-state index contributed by atoms with van der Waals surface area (Å²) < 4.78 is 0. The van der Waals surface area contributed by atoms with E-state index >= 15 is 0 Å². The molecule has 1 aromatic rings. The van der Waals surface area contributed by atoms with E-state index < -0.39 is 0 Å². The van der Waals surface area contributed by atoms with Crippen LogP contribution >= 0.6 is 24.0 Å². The van der Waals surface area contributed by atoms with Gasteiger partial charge in [-0.3, -0.25) is 0 Å². The number of benzene rings is 1. The second kappa shape index (κ2) is 7.97. The van der Waals surface area contributed by atoms with Crippen LogP contribution in [0.15, 0.2) is 24.3 Å². The fraction of sp³-hybridized carbons (Fsp3) is 0.571. The predicted octanol–water partition coefficient (Wildman–Crippen LogP) is 4.18. The van der Waals surface area contributed by atoms with Gasteiger partial charge in [-0.15, -0.1) is 12.4 Å². The number of aryl methyl sites for hydroxylation is 1. The van der Waals surface area contributed by atoms with E-state index in [9.17, 15) is 0 Å². The maximum absolute atomic E-state index is 5.96. The number of hydrogen-bond acceptors (Lipinski definition) is 1. The lowest BCUT2D eigenvalue weighted by atomic mass is 10.1. The number of hydrogen-bond donors (Lipinski definition) is 0. The Morgan fingerprint density at radius 1 is 1.12 bits per heavy atom. The van der Waals surface area contributed by atoms with Crippen molar-refractivity contribution in [1.82, 2.24) is 4.90 Å². The summed E-state index contributed by atoms with van der Waals surface area (Å²) in [6.45, 7) is 3.84. The van der Waals surface area contributed by atoms with Gasteiger partial charge < -0.3 is 4.90 Å². The van der Waals surface area contributed by atoms with Gasteiger partial charge in [0.05, 0.1) is 0 Å². The summed E-state index contributed by atoms with van der Waals surface area (Å²) in [5.41, 5.74) is 1.37. The highest BCUT2D eigenvalue weighted by Gasteiger charge is 2.08. The Bertz CT molecular complexity index is 322. The molecule has 1 heterocycles. The number of likely N-dealkylation sites (tertiary alicyclic amines) is 1. The molecule has 0 spiro atoms. The minimum atomic E-state index is 0. The topological polar surface area (TPSA) is 3.24 Å². The Kier molecular flexibility index (Phi) is 6.94. The first-order valence-electron chi connectivity index (χ1n) is 6.31. The minimum Gasteiger partial charge on any atom is -0.303 e. The van der Waals surface area contributed by atoms with Crippen LogP contribution in [0.5, 0.6) is 0 Å². The summed E-state index contributed by atoms with van der Waals surface area (Å²) in [6.07, 6.45) is 6.59. The molecule has 1 saturated heterocycles. The number of nitrogens with zero attached hydrogens (tertiary/aromatic N) is 1. The Hall–Kier alpha value is -0.240. The molecule has 0 radical (unpaired) electrons. The van der Waals surface area contributed by atoms with Crippen molar-refractivity contribution in [1.29, 1.82) is 0 Å². The number of piperidine rings is 1. The third-order valence-corrected chi connectivity index (χ3v) is 3.51. The molecule has 1 aliphatic rings. The zero-order valence-corrected chi connectivity index (χ0v) is 11.8. The van der Waals surface area contributed by atoms with Gasteiger partial charge in [0.1, 0.15) is 0 Å². The van der Waals surface area contributed by atoms with Crippen molar-refractivity contribution in [3.05, 3.63) is 34.9 Å². The number of rotatable bonds is 4. The minimum absolute atomic E-state index is 0. The molecule has 1 nitrogen and oxygen atoms in total. The lowest BCUT2D eigenvalue weighted by Crippen LogP contribution is -2.30. The van der Waals surface area contributed by atoms with E-state index in [0.29, 0.717) is 0 Å². The second-order valence-electron chi connectivity index (χ2n) is 4.64. The van der Waals surface area contributed by atoms with E-state index in [0.717, 1.165) is 11.4 Å². The maximum atomic E-state index is 5.96. The first kappa shape index (κ1) is 14.8. The molecule has 0 aliphatic carbocycles. The Morgan fingerprint density at radius 3 is 2.59 bits per heavy atom. The molecule has 0 unspecified atom stereocenters. The van der Waals surface area contributed by atoms with Crippen LogP contribution in [-0.2, 0) is 6.42 Å². The van der Waals surface area contributed by atoms with Gasteiger partial charge >= 0.3 is 0 Å². The highest BCUT2D eigenvalue weighted by molar-refractivity contribution is 6.30. The first-order valence-corrected chi connectivity index (χ1v) is 6.69. The van der Waals surface area contributed by atoms with Crippen molar-refractivity contribution in [2.75, 3.05) is 19.6 Å². The predicted molar refractivity (Wildman–Crippen MR) is 77.3 cm³/mol. The normalized spacial score (nSPS) is 16.5. The van der Waals surface area contributed by atoms with Crippen LogP contribution in [0.4, 0.5) is 0 Å². The van der Waals surface area contributed by atoms with Crippen LogP contribution in [0.2, 0.25) is 5.02 Å². The van der Waals surface area contributed by atoms with Gasteiger partial charge in [-0.1, -0.05) is 30.2 Å². The van der Waals surface area contributed by atoms with Crippen molar-refractivity contribution in [3.63, 3.8) is 0 Å². The van der Waals surface area contributed by atoms with Crippen LogP contribution < -0.4 is 0 Å². The molecule has 0 bridgehead atoms. The highest BCUT2D eigenvalue weighted by atomic mass is 35.5. The molecular weight excluding hydrogens is 253 g/mol. The molecule has 1 aromatic carbocycles. The van der Waals surface area contributed by atoms with Crippen molar-refractivity contribution < 1.29 is 0 Å². The average molecular weight is 274 g/mol. The van der Waals surface area contributed by atoms with Crippen LogP contribution in [0, 0.1) is 0 Å². The van der Waals surface area contributed by atoms with Gasteiger partial charge in [0.25, 0.3) is 0 Å². The SMILES string of the molecule is Cl.Clc1cccc(CCCN2CCCCC2)c1. The van der Waals surface area contributed by atoms with Crippen LogP contribution in [-0.4, -0.2) is 24.5 Å². The lowest BCUT2D eigenvalue weighted by Gasteiger charge is -2.26. The van der Waals surface area contributed by atoms with E-state index in [-0.39, 0.29) is 12.4 Å². The monoisotopic (exact) mass is 273 g/mol. The zero-order chi connectivity index (χ0) is 11.2. The van der Waals surface area contributed by atoms with Crippen molar-refractivity contribution >= 4 is 24.0 Å². The Labute approximate surface area is 116 Å². The quantitative estimate of drug-likeness (QED) is 0.796. The smallest absolute Gasteiger partial charge is 0.0408 e. The summed E-state index contributed by atoms with van der Waals surface area (Å²) in [6, 6.07) is 8.23. The highest BCUT2D eigenvalue weighted by Crippen LogP contribution is 2.13. The van der Waals surface area contributed by atoms with Gasteiger partial charge in [-0.05, 0) is 63.0 Å². The van der Waals surface area contributed by atoms with Crippen LogP contribution in [0.25, 0.3) is 0 Å². The summed E-state index contributed by atoms with van der Waals surface area (Å²) in [7, 11) is 0. The third kappa shape index (κ3) is 5.29. The molecule has 0 aromatic heterocycles. The Balaban J connectivity index is 0.00000144. The van der Waals surface area contributed by atoms with Crippen LogP contribution in [0.1, 0.15) is 31.2 Å². The van der Waals surface area contributed by atoms with Crippen molar-refractivity contribution in [2.24, 2.45) is 0 Å². The zero-order valence-electron chi connectivity index (χ0n) is 10.2. The van der Waals surface area contributed by atoms with Gasteiger partial charge in [0.15, 0.2) is 0 Å². The molecule has 96 valence electrons. The van der Waals surface area contributed by atoms with Gasteiger partial charge in [0, 0.05) is 5.02 Å². The summed E-state index contributed by atoms with van der Waals surface area (Å²) in [4.78, 5) is 2.59. The molecule has 0 saturated carbocycles. The Morgan fingerprint density at radius 2 is 1.88 bits per heavy atom. The summed E-state index contributed by atoms with van der Waals surface area (Å²) in [5, 5.41) is 0.857. The van der Waals surface area contributed by atoms with Gasteiger partial charge in [-0.2, -0.15) is 0 Å². The molecule has 0 atom stereocenters.